The highest BCUT2D eigenvalue weighted by atomic mass is 19.4. The minimum atomic E-state index is -4.33. The van der Waals surface area contributed by atoms with Crippen LogP contribution in [-0.4, -0.2) is 14.8 Å². The van der Waals surface area contributed by atoms with Crippen LogP contribution in [0.1, 0.15) is 29.7 Å². The molecule has 2 heterocycles. The number of aromatic nitrogens is 3. The molecule has 3 rings (SSSR count). The Balaban J connectivity index is 1.69. The molecule has 0 aliphatic heterocycles. The van der Waals surface area contributed by atoms with Crippen molar-refractivity contribution in [3.63, 3.8) is 0 Å². The molecule has 130 valence electrons. The van der Waals surface area contributed by atoms with E-state index in [1.165, 1.54) is 12.1 Å². The zero-order valence-corrected chi connectivity index (χ0v) is 13.5. The van der Waals surface area contributed by atoms with Gasteiger partial charge in [-0.05, 0) is 48.4 Å². The first-order chi connectivity index (χ1) is 11.9. The summed E-state index contributed by atoms with van der Waals surface area (Å²) >= 11 is 0. The molecule has 0 aliphatic carbocycles. The van der Waals surface area contributed by atoms with Crippen LogP contribution in [0.15, 0.2) is 61.1 Å². The van der Waals surface area contributed by atoms with Gasteiger partial charge in [-0.2, -0.15) is 18.3 Å². The van der Waals surface area contributed by atoms with Crippen molar-refractivity contribution in [3.8, 4) is 5.82 Å². The maximum Gasteiger partial charge on any atom is 0.416 e. The molecule has 3 aromatic rings. The highest BCUT2D eigenvalue weighted by Gasteiger charge is 2.30. The quantitative estimate of drug-likeness (QED) is 0.755. The summed E-state index contributed by atoms with van der Waals surface area (Å²) in [5.41, 5.74) is 0.930. The standard InChI is InChI=1S/C18H17F3N4/c1-13(15-4-2-5-16(11-15)18(19,20)21)23-12-14-6-8-22-17(10-14)25-9-3-7-24-25/h2-11,13,23H,12H2,1H3/t13-/m0/s1. The van der Waals surface area contributed by atoms with Crippen LogP contribution in [0.5, 0.6) is 0 Å². The summed E-state index contributed by atoms with van der Waals surface area (Å²) in [6.07, 6.45) is 0.815. The van der Waals surface area contributed by atoms with E-state index in [1.54, 1.807) is 29.3 Å². The number of nitrogens with zero attached hydrogens (tertiary/aromatic N) is 3. The number of alkyl halides is 3. The zero-order valence-electron chi connectivity index (χ0n) is 13.5. The molecule has 7 heteroatoms. The van der Waals surface area contributed by atoms with Gasteiger partial charge < -0.3 is 5.32 Å². The summed E-state index contributed by atoms with van der Waals surface area (Å²) in [4.78, 5) is 4.25. The van der Waals surface area contributed by atoms with Crippen molar-refractivity contribution in [2.24, 2.45) is 0 Å². The summed E-state index contributed by atoms with van der Waals surface area (Å²) in [5.74, 6) is 0.691. The third-order valence-corrected chi connectivity index (χ3v) is 3.88. The van der Waals surface area contributed by atoms with Crippen molar-refractivity contribution in [2.45, 2.75) is 25.7 Å². The van der Waals surface area contributed by atoms with Crippen LogP contribution in [-0.2, 0) is 12.7 Å². The fraction of sp³-hybridized carbons (Fsp3) is 0.222. The molecule has 0 saturated carbocycles. The lowest BCUT2D eigenvalue weighted by molar-refractivity contribution is -0.137. The topological polar surface area (TPSA) is 42.7 Å². The number of hydrogen-bond donors (Lipinski definition) is 1. The van der Waals surface area contributed by atoms with E-state index in [4.69, 9.17) is 0 Å². The molecule has 25 heavy (non-hydrogen) atoms. The molecule has 0 radical (unpaired) electrons. The van der Waals surface area contributed by atoms with Gasteiger partial charge in [0.05, 0.1) is 5.56 Å². The molecule has 0 bridgehead atoms. The van der Waals surface area contributed by atoms with Crippen LogP contribution in [0.2, 0.25) is 0 Å². The van der Waals surface area contributed by atoms with E-state index in [1.807, 2.05) is 25.1 Å². The summed E-state index contributed by atoms with van der Waals surface area (Å²) in [6, 6.07) is 10.7. The highest BCUT2D eigenvalue weighted by Crippen LogP contribution is 2.30. The molecule has 1 N–H and O–H groups in total. The molecular formula is C18H17F3N4. The molecule has 0 aliphatic rings. The van der Waals surface area contributed by atoms with Crippen molar-refractivity contribution in [2.75, 3.05) is 0 Å². The Hall–Kier alpha value is -2.67. The molecular weight excluding hydrogens is 329 g/mol. The van der Waals surface area contributed by atoms with Gasteiger partial charge >= 0.3 is 6.18 Å². The lowest BCUT2D eigenvalue weighted by Gasteiger charge is -2.16. The maximum absolute atomic E-state index is 12.8. The maximum atomic E-state index is 12.8. The van der Waals surface area contributed by atoms with Crippen molar-refractivity contribution in [3.05, 3.63) is 77.7 Å². The minimum Gasteiger partial charge on any atom is -0.306 e. The van der Waals surface area contributed by atoms with E-state index in [0.29, 0.717) is 17.9 Å². The number of rotatable bonds is 5. The largest absolute Gasteiger partial charge is 0.416 e. The Morgan fingerprint density at radius 3 is 2.68 bits per heavy atom. The monoisotopic (exact) mass is 346 g/mol. The van der Waals surface area contributed by atoms with E-state index < -0.39 is 11.7 Å². The van der Waals surface area contributed by atoms with Crippen molar-refractivity contribution >= 4 is 0 Å². The fourth-order valence-corrected chi connectivity index (χ4v) is 2.47. The number of pyridine rings is 1. The third kappa shape index (κ3) is 4.24. The van der Waals surface area contributed by atoms with E-state index in [-0.39, 0.29) is 6.04 Å². The van der Waals surface area contributed by atoms with Crippen LogP contribution < -0.4 is 5.32 Å². The second-order valence-electron chi connectivity index (χ2n) is 5.70. The Labute approximate surface area is 143 Å². The first kappa shape index (κ1) is 17.2. The van der Waals surface area contributed by atoms with Crippen LogP contribution >= 0.6 is 0 Å². The number of benzene rings is 1. The number of nitrogens with one attached hydrogen (secondary N) is 1. The number of halogens is 3. The van der Waals surface area contributed by atoms with E-state index >= 15 is 0 Å². The van der Waals surface area contributed by atoms with E-state index in [0.717, 1.165) is 11.6 Å². The van der Waals surface area contributed by atoms with Gasteiger partial charge in [-0.15, -0.1) is 0 Å². The molecule has 0 fully saturated rings. The first-order valence-electron chi connectivity index (χ1n) is 7.79. The van der Waals surface area contributed by atoms with Crippen molar-refractivity contribution in [1.29, 1.82) is 0 Å². The predicted molar refractivity (Wildman–Crippen MR) is 88.1 cm³/mol. The van der Waals surface area contributed by atoms with Gasteiger partial charge in [0.15, 0.2) is 5.82 Å². The second kappa shape index (κ2) is 7.06. The fourth-order valence-electron chi connectivity index (χ4n) is 2.47. The first-order valence-corrected chi connectivity index (χ1v) is 7.79. The Morgan fingerprint density at radius 2 is 1.96 bits per heavy atom. The smallest absolute Gasteiger partial charge is 0.306 e. The molecule has 0 saturated heterocycles. The predicted octanol–water partition coefficient (Wildman–Crippen LogP) is 4.14. The average molecular weight is 346 g/mol. The van der Waals surface area contributed by atoms with Gasteiger partial charge in [-0.3, -0.25) is 0 Å². The van der Waals surface area contributed by atoms with Gasteiger partial charge in [-0.25, -0.2) is 9.67 Å². The Kier molecular flexibility index (Phi) is 4.85. The van der Waals surface area contributed by atoms with Crippen molar-refractivity contribution < 1.29 is 13.2 Å². The average Bonchev–Trinajstić information content (AvgIpc) is 3.14. The van der Waals surface area contributed by atoms with Gasteiger partial charge in [0.2, 0.25) is 0 Å². The second-order valence-corrected chi connectivity index (χ2v) is 5.70. The Morgan fingerprint density at radius 1 is 1.12 bits per heavy atom. The zero-order chi connectivity index (χ0) is 17.9. The third-order valence-electron chi connectivity index (χ3n) is 3.88. The summed E-state index contributed by atoms with van der Waals surface area (Å²) in [6.45, 7) is 2.35. The lowest BCUT2D eigenvalue weighted by atomic mass is 10.0. The Bertz CT molecular complexity index is 828. The van der Waals surface area contributed by atoms with Crippen LogP contribution in [0, 0.1) is 0 Å². The molecule has 0 spiro atoms. The molecule has 4 nitrogen and oxygen atoms in total. The lowest BCUT2D eigenvalue weighted by Crippen LogP contribution is -2.19. The van der Waals surface area contributed by atoms with E-state index in [2.05, 4.69) is 15.4 Å². The SMILES string of the molecule is C[C@H](NCc1ccnc(-n2cccn2)c1)c1cccc(C(F)(F)F)c1. The van der Waals surface area contributed by atoms with Crippen LogP contribution in [0.4, 0.5) is 13.2 Å². The van der Waals surface area contributed by atoms with Crippen LogP contribution in [0.25, 0.3) is 5.82 Å². The summed E-state index contributed by atoms with van der Waals surface area (Å²) in [7, 11) is 0. The minimum absolute atomic E-state index is 0.219. The van der Waals surface area contributed by atoms with E-state index in [9.17, 15) is 13.2 Å². The molecule has 1 atom stereocenters. The van der Waals surface area contributed by atoms with Crippen molar-refractivity contribution in [1.82, 2.24) is 20.1 Å². The number of hydrogen-bond acceptors (Lipinski definition) is 3. The molecule has 2 aromatic heterocycles. The molecule has 0 unspecified atom stereocenters. The van der Waals surface area contributed by atoms with Gasteiger partial charge in [0.1, 0.15) is 0 Å². The van der Waals surface area contributed by atoms with Gasteiger partial charge in [-0.1, -0.05) is 12.1 Å². The summed E-state index contributed by atoms with van der Waals surface area (Å²) < 4.78 is 40.1. The van der Waals surface area contributed by atoms with Gasteiger partial charge in [0.25, 0.3) is 0 Å². The summed E-state index contributed by atoms with van der Waals surface area (Å²) in [5, 5.41) is 7.37. The molecule has 0 amide bonds. The van der Waals surface area contributed by atoms with Crippen LogP contribution in [0.3, 0.4) is 0 Å². The van der Waals surface area contributed by atoms with Gasteiger partial charge in [0, 0.05) is 31.2 Å². The molecule has 1 aromatic carbocycles. The normalized spacial score (nSPS) is 13.0. The highest BCUT2D eigenvalue weighted by molar-refractivity contribution is 5.29.